The van der Waals surface area contributed by atoms with Crippen molar-refractivity contribution in [3.8, 4) is 0 Å². The predicted octanol–water partition coefficient (Wildman–Crippen LogP) is 1.84. The van der Waals surface area contributed by atoms with Crippen molar-refractivity contribution in [2.75, 3.05) is 20.2 Å². The lowest BCUT2D eigenvalue weighted by Crippen LogP contribution is -2.30. The maximum absolute atomic E-state index is 12.5. The van der Waals surface area contributed by atoms with Crippen LogP contribution in [0.4, 0.5) is 0 Å². The summed E-state index contributed by atoms with van der Waals surface area (Å²) in [5.41, 5.74) is 1.51. The molecule has 1 unspecified atom stereocenters. The monoisotopic (exact) mass is 265 g/mol. The molecule has 5 nitrogen and oxygen atoms in total. The van der Waals surface area contributed by atoms with Crippen molar-refractivity contribution < 1.29 is 18.7 Å². The van der Waals surface area contributed by atoms with E-state index in [9.17, 15) is 9.59 Å². The molecule has 0 radical (unpaired) electrons. The molecular formula is C14H19NO4. The van der Waals surface area contributed by atoms with Crippen LogP contribution in [0.5, 0.6) is 0 Å². The molecule has 0 aromatic carbocycles. The van der Waals surface area contributed by atoms with E-state index in [0.717, 1.165) is 11.3 Å². The molecule has 0 saturated carbocycles. The lowest BCUT2D eigenvalue weighted by Gasteiger charge is -2.16. The third-order valence-electron chi connectivity index (χ3n) is 3.79. The minimum Gasteiger partial charge on any atom is -0.469 e. The van der Waals surface area contributed by atoms with Crippen molar-refractivity contribution in [2.24, 2.45) is 5.92 Å². The maximum Gasteiger partial charge on any atom is 0.310 e. The van der Waals surface area contributed by atoms with E-state index in [2.05, 4.69) is 0 Å². The van der Waals surface area contributed by atoms with Gasteiger partial charge in [-0.3, -0.25) is 9.59 Å². The van der Waals surface area contributed by atoms with Crippen LogP contribution in [-0.2, 0) is 9.53 Å². The molecule has 0 N–H and O–H groups in total. The van der Waals surface area contributed by atoms with Gasteiger partial charge in [-0.15, -0.1) is 0 Å². The zero-order valence-corrected chi connectivity index (χ0v) is 11.8. The highest BCUT2D eigenvalue weighted by Gasteiger charge is 2.34. The molecule has 1 aromatic heterocycles. The molecule has 104 valence electrons. The summed E-state index contributed by atoms with van der Waals surface area (Å²) in [4.78, 5) is 25.7. The number of hydrogen-bond acceptors (Lipinski definition) is 4. The molecule has 1 aliphatic heterocycles. The van der Waals surface area contributed by atoms with E-state index in [1.54, 1.807) is 11.8 Å². The Labute approximate surface area is 112 Å². The third kappa shape index (κ3) is 2.37. The normalized spacial score (nSPS) is 18.7. The van der Waals surface area contributed by atoms with Crippen LogP contribution in [-0.4, -0.2) is 37.0 Å². The van der Waals surface area contributed by atoms with Crippen LogP contribution in [0.1, 0.15) is 33.9 Å². The lowest BCUT2D eigenvalue weighted by atomic mass is 10.1. The molecule has 1 atom stereocenters. The van der Waals surface area contributed by atoms with Crippen molar-refractivity contribution in [3.05, 3.63) is 22.6 Å². The van der Waals surface area contributed by atoms with Gasteiger partial charge in [-0.2, -0.15) is 0 Å². The number of carbonyl (C=O) groups is 2. The fraction of sp³-hybridized carbons (Fsp3) is 0.571. The minimum absolute atomic E-state index is 0.0572. The van der Waals surface area contributed by atoms with Gasteiger partial charge in [0.2, 0.25) is 0 Å². The SMILES string of the molecule is COC(=O)C1CCN(C(=O)c2c(C)oc(C)c2C)C1. The Balaban J connectivity index is 2.16. The fourth-order valence-corrected chi connectivity index (χ4v) is 2.57. The average Bonchev–Trinajstić information content (AvgIpc) is 2.95. The van der Waals surface area contributed by atoms with Crippen molar-refractivity contribution >= 4 is 11.9 Å². The molecule has 0 bridgehead atoms. The van der Waals surface area contributed by atoms with Gasteiger partial charge in [0.05, 0.1) is 18.6 Å². The first-order valence-electron chi connectivity index (χ1n) is 6.39. The van der Waals surface area contributed by atoms with Crippen LogP contribution >= 0.6 is 0 Å². The Morgan fingerprint density at radius 3 is 2.47 bits per heavy atom. The summed E-state index contributed by atoms with van der Waals surface area (Å²) >= 11 is 0. The minimum atomic E-state index is -0.243. The van der Waals surface area contributed by atoms with Gasteiger partial charge in [0.1, 0.15) is 11.5 Å². The molecule has 19 heavy (non-hydrogen) atoms. The Morgan fingerprint density at radius 1 is 1.26 bits per heavy atom. The van der Waals surface area contributed by atoms with Gasteiger partial charge in [0, 0.05) is 18.7 Å². The quantitative estimate of drug-likeness (QED) is 0.766. The highest BCUT2D eigenvalue weighted by atomic mass is 16.5. The molecule has 2 heterocycles. The zero-order valence-electron chi connectivity index (χ0n) is 11.8. The molecule has 1 amide bonds. The van der Waals surface area contributed by atoms with Crippen LogP contribution in [0.15, 0.2) is 4.42 Å². The number of ether oxygens (including phenoxy) is 1. The van der Waals surface area contributed by atoms with Gasteiger partial charge >= 0.3 is 5.97 Å². The Morgan fingerprint density at radius 2 is 1.95 bits per heavy atom. The number of hydrogen-bond donors (Lipinski definition) is 0. The van der Waals surface area contributed by atoms with Crippen LogP contribution < -0.4 is 0 Å². The fourth-order valence-electron chi connectivity index (χ4n) is 2.57. The first-order valence-corrected chi connectivity index (χ1v) is 6.39. The van der Waals surface area contributed by atoms with Crippen molar-refractivity contribution in [3.63, 3.8) is 0 Å². The van der Waals surface area contributed by atoms with E-state index in [0.29, 0.717) is 30.8 Å². The number of carbonyl (C=O) groups excluding carboxylic acids is 2. The smallest absolute Gasteiger partial charge is 0.310 e. The highest BCUT2D eigenvalue weighted by molar-refractivity contribution is 5.97. The Bertz CT molecular complexity index is 518. The molecule has 0 aliphatic carbocycles. The summed E-state index contributed by atoms with van der Waals surface area (Å²) in [6.45, 7) is 6.53. The summed E-state index contributed by atoms with van der Waals surface area (Å²) in [7, 11) is 1.38. The number of nitrogens with zero attached hydrogens (tertiary/aromatic N) is 1. The topological polar surface area (TPSA) is 59.8 Å². The Kier molecular flexibility index (Phi) is 3.64. The molecule has 1 fully saturated rings. The predicted molar refractivity (Wildman–Crippen MR) is 68.9 cm³/mol. The number of amides is 1. The molecule has 1 aliphatic rings. The van der Waals surface area contributed by atoms with Crippen LogP contribution in [0, 0.1) is 26.7 Å². The van der Waals surface area contributed by atoms with Crippen molar-refractivity contribution in [2.45, 2.75) is 27.2 Å². The molecule has 1 saturated heterocycles. The summed E-state index contributed by atoms with van der Waals surface area (Å²) in [5, 5.41) is 0. The van der Waals surface area contributed by atoms with Gasteiger partial charge in [-0.1, -0.05) is 0 Å². The highest BCUT2D eigenvalue weighted by Crippen LogP contribution is 2.25. The summed E-state index contributed by atoms with van der Waals surface area (Å²) in [6, 6.07) is 0. The molecule has 0 spiro atoms. The second-order valence-electron chi connectivity index (χ2n) is 4.97. The van der Waals surface area contributed by atoms with E-state index in [1.165, 1.54) is 7.11 Å². The van der Waals surface area contributed by atoms with Gasteiger partial charge in [-0.25, -0.2) is 0 Å². The summed E-state index contributed by atoms with van der Waals surface area (Å²) < 4.78 is 10.2. The van der Waals surface area contributed by atoms with E-state index in [4.69, 9.17) is 9.15 Å². The molecule has 5 heteroatoms. The molecule has 1 aromatic rings. The van der Waals surface area contributed by atoms with Gasteiger partial charge in [0.15, 0.2) is 0 Å². The second-order valence-corrected chi connectivity index (χ2v) is 4.97. The zero-order chi connectivity index (χ0) is 14.2. The van der Waals surface area contributed by atoms with E-state index in [1.807, 2.05) is 13.8 Å². The van der Waals surface area contributed by atoms with Gasteiger partial charge in [-0.05, 0) is 27.2 Å². The number of methoxy groups -OCH3 is 1. The standard InChI is InChI=1S/C14H19NO4/c1-8-9(2)19-10(3)12(8)13(16)15-6-5-11(7-15)14(17)18-4/h11H,5-7H2,1-4H3. The number of furan rings is 1. The first kappa shape index (κ1) is 13.6. The number of rotatable bonds is 2. The maximum atomic E-state index is 12.5. The van der Waals surface area contributed by atoms with Gasteiger partial charge in [0.25, 0.3) is 5.91 Å². The lowest BCUT2D eigenvalue weighted by molar-refractivity contribution is -0.144. The number of esters is 1. The second kappa shape index (κ2) is 5.07. The number of aryl methyl sites for hydroxylation is 2. The van der Waals surface area contributed by atoms with Crippen LogP contribution in [0.25, 0.3) is 0 Å². The van der Waals surface area contributed by atoms with Crippen molar-refractivity contribution in [1.29, 1.82) is 0 Å². The van der Waals surface area contributed by atoms with E-state index < -0.39 is 0 Å². The molecule has 2 rings (SSSR count). The van der Waals surface area contributed by atoms with Crippen LogP contribution in [0.2, 0.25) is 0 Å². The average molecular weight is 265 g/mol. The largest absolute Gasteiger partial charge is 0.469 e. The van der Waals surface area contributed by atoms with Crippen LogP contribution in [0.3, 0.4) is 0 Å². The first-order chi connectivity index (χ1) is 8.95. The summed E-state index contributed by atoms with van der Waals surface area (Å²) in [6.07, 6.45) is 0.660. The van der Waals surface area contributed by atoms with E-state index in [-0.39, 0.29) is 17.8 Å². The Hall–Kier alpha value is -1.78. The third-order valence-corrected chi connectivity index (χ3v) is 3.79. The molecular weight excluding hydrogens is 246 g/mol. The van der Waals surface area contributed by atoms with Crippen molar-refractivity contribution in [1.82, 2.24) is 4.90 Å². The summed E-state index contributed by atoms with van der Waals surface area (Å²) in [5.74, 6) is 0.902. The van der Waals surface area contributed by atoms with E-state index >= 15 is 0 Å². The number of likely N-dealkylation sites (tertiary alicyclic amines) is 1. The van der Waals surface area contributed by atoms with Gasteiger partial charge < -0.3 is 14.1 Å².